The van der Waals surface area contributed by atoms with E-state index in [4.69, 9.17) is 23.7 Å². The Balaban J connectivity index is 1.54. The molecular weight excluding hydrogens is 326 g/mol. The van der Waals surface area contributed by atoms with E-state index in [1.807, 2.05) is 11.8 Å². The van der Waals surface area contributed by atoms with Gasteiger partial charge in [0.25, 0.3) is 5.91 Å². The average Bonchev–Trinajstić information content (AvgIpc) is 3.26. The lowest BCUT2D eigenvalue weighted by molar-refractivity contribution is -0.0559. The summed E-state index contributed by atoms with van der Waals surface area (Å²) in [7, 11) is 0. The van der Waals surface area contributed by atoms with Gasteiger partial charge in [-0.05, 0) is 25.1 Å². The summed E-state index contributed by atoms with van der Waals surface area (Å²) in [5.41, 5.74) is 0.173. The molecule has 136 valence electrons. The summed E-state index contributed by atoms with van der Waals surface area (Å²) in [4.78, 5) is 15.1. The molecule has 3 heterocycles. The maximum Gasteiger partial charge on any atom is 0.254 e. The zero-order valence-electron chi connectivity index (χ0n) is 14.4. The molecule has 1 aromatic carbocycles. The highest BCUT2D eigenvalue weighted by atomic mass is 16.7. The number of ether oxygens (including phenoxy) is 5. The molecule has 3 aliphatic heterocycles. The molecule has 4 rings (SSSR count). The van der Waals surface area contributed by atoms with Crippen molar-refractivity contribution < 1.29 is 28.5 Å². The fourth-order valence-corrected chi connectivity index (χ4v) is 3.70. The quantitative estimate of drug-likeness (QED) is 0.820. The van der Waals surface area contributed by atoms with E-state index in [0.717, 1.165) is 6.42 Å². The Bertz CT molecular complexity index is 650. The molecule has 3 aliphatic rings. The van der Waals surface area contributed by atoms with E-state index < -0.39 is 5.54 Å². The predicted molar refractivity (Wildman–Crippen MR) is 88.0 cm³/mol. The van der Waals surface area contributed by atoms with Gasteiger partial charge in [0.15, 0.2) is 11.5 Å². The van der Waals surface area contributed by atoms with E-state index in [0.29, 0.717) is 56.6 Å². The molecule has 2 fully saturated rings. The molecule has 0 N–H and O–H groups in total. The zero-order valence-corrected chi connectivity index (χ0v) is 14.4. The first-order valence-electron chi connectivity index (χ1n) is 8.70. The normalized spacial score (nSPS) is 27.9. The summed E-state index contributed by atoms with van der Waals surface area (Å²) >= 11 is 0. The maximum absolute atomic E-state index is 13.2. The van der Waals surface area contributed by atoms with Crippen molar-refractivity contribution >= 4 is 5.91 Å². The molecule has 0 bridgehead atoms. The average molecular weight is 349 g/mol. The minimum Gasteiger partial charge on any atom is -0.454 e. The van der Waals surface area contributed by atoms with Gasteiger partial charge in [0.2, 0.25) is 6.79 Å². The van der Waals surface area contributed by atoms with Crippen molar-refractivity contribution in [2.45, 2.75) is 25.0 Å². The molecular formula is C18H23NO6. The second-order valence-electron chi connectivity index (χ2n) is 6.60. The zero-order chi connectivity index (χ0) is 17.3. The van der Waals surface area contributed by atoms with E-state index in [1.54, 1.807) is 18.2 Å². The molecule has 2 saturated heterocycles. The largest absolute Gasteiger partial charge is 0.454 e. The van der Waals surface area contributed by atoms with Gasteiger partial charge in [0, 0.05) is 25.1 Å². The van der Waals surface area contributed by atoms with Gasteiger partial charge in [-0.3, -0.25) is 4.79 Å². The van der Waals surface area contributed by atoms with Gasteiger partial charge in [-0.25, -0.2) is 0 Å². The molecule has 2 atom stereocenters. The summed E-state index contributed by atoms with van der Waals surface area (Å²) < 4.78 is 27.8. The molecule has 0 radical (unpaired) electrons. The van der Waals surface area contributed by atoms with Crippen LogP contribution in [0.5, 0.6) is 11.5 Å². The Morgan fingerprint density at radius 2 is 2.20 bits per heavy atom. The second kappa shape index (κ2) is 6.82. The summed E-state index contributed by atoms with van der Waals surface area (Å²) in [6, 6.07) is 5.32. The molecule has 0 aromatic heterocycles. The van der Waals surface area contributed by atoms with Crippen LogP contribution < -0.4 is 9.47 Å². The van der Waals surface area contributed by atoms with Crippen LogP contribution in [0.1, 0.15) is 23.7 Å². The van der Waals surface area contributed by atoms with E-state index in [9.17, 15) is 4.79 Å². The van der Waals surface area contributed by atoms with Gasteiger partial charge in [-0.15, -0.1) is 0 Å². The lowest BCUT2D eigenvalue weighted by atomic mass is 9.92. The van der Waals surface area contributed by atoms with Crippen LogP contribution in [0, 0.1) is 0 Å². The number of morpholine rings is 1. The topological polar surface area (TPSA) is 66.5 Å². The van der Waals surface area contributed by atoms with Gasteiger partial charge >= 0.3 is 0 Å². The number of fused-ring (bicyclic) bond motifs is 1. The van der Waals surface area contributed by atoms with E-state index in [-0.39, 0.29) is 18.8 Å². The SMILES string of the molecule is CCOC[C@H]1C[C@@]2(COCCN2C(=O)c2ccc3c(c2)OCO3)CO1. The van der Waals surface area contributed by atoms with Gasteiger partial charge in [0.1, 0.15) is 0 Å². The summed E-state index contributed by atoms with van der Waals surface area (Å²) in [6.45, 7) is 5.41. The number of amides is 1. The molecule has 0 saturated carbocycles. The highest BCUT2D eigenvalue weighted by molar-refractivity contribution is 5.95. The Labute approximate surface area is 146 Å². The maximum atomic E-state index is 13.2. The minimum atomic E-state index is -0.423. The van der Waals surface area contributed by atoms with Gasteiger partial charge in [0.05, 0.1) is 38.1 Å². The Hall–Kier alpha value is -1.83. The van der Waals surface area contributed by atoms with Crippen LogP contribution in [0.25, 0.3) is 0 Å². The number of nitrogens with zero attached hydrogens (tertiary/aromatic N) is 1. The van der Waals surface area contributed by atoms with Crippen molar-refractivity contribution in [2.75, 3.05) is 46.4 Å². The summed E-state index contributed by atoms with van der Waals surface area (Å²) in [5, 5.41) is 0. The first kappa shape index (κ1) is 16.6. The number of hydrogen-bond donors (Lipinski definition) is 0. The van der Waals surface area contributed by atoms with Crippen LogP contribution in [0.15, 0.2) is 18.2 Å². The first-order chi connectivity index (χ1) is 12.2. The van der Waals surface area contributed by atoms with Gasteiger partial charge in [-0.1, -0.05) is 0 Å². The van der Waals surface area contributed by atoms with Crippen LogP contribution >= 0.6 is 0 Å². The van der Waals surface area contributed by atoms with Crippen LogP contribution in [-0.2, 0) is 14.2 Å². The number of carbonyl (C=O) groups excluding carboxylic acids is 1. The Kier molecular flexibility index (Phi) is 4.54. The molecule has 0 unspecified atom stereocenters. The fraction of sp³-hybridized carbons (Fsp3) is 0.611. The Morgan fingerprint density at radius 3 is 3.08 bits per heavy atom. The van der Waals surface area contributed by atoms with Gasteiger partial charge < -0.3 is 28.6 Å². The van der Waals surface area contributed by atoms with E-state index >= 15 is 0 Å². The molecule has 25 heavy (non-hydrogen) atoms. The van der Waals surface area contributed by atoms with Crippen molar-refractivity contribution in [3.8, 4) is 11.5 Å². The molecule has 1 aromatic rings. The summed E-state index contributed by atoms with van der Waals surface area (Å²) in [6.07, 6.45) is 0.720. The van der Waals surface area contributed by atoms with Gasteiger partial charge in [-0.2, -0.15) is 0 Å². The Morgan fingerprint density at radius 1 is 1.32 bits per heavy atom. The van der Waals surface area contributed by atoms with Crippen LogP contribution in [0.4, 0.5) is 0 Å². The highest BCUT2D eigenvalue weighted by Crippen LogP contribution is 2.36. The lowest BCUT2D eigenvalue weighted by Crippen LogP contribution is -2.59. The molecule has 7 heteroatoms. The van der Waals surface area contributed by atoms with Crippen molar-refractivity contribution in [1.29, 1.82) is 0 Å². The molecule has 1 spiro atoms. The third-order valence-corrected chi connectivity index (χ3v) is 4.97. The standard InChI is InChI=1S/C18H23NO6/c1-2-21-9-14-8-18(11-23-14)10-22-6-5-19(18)17(20)13-3-4-15-16(7-13)25-12-24-15/h3-4,7,14H,2,5-6,8-12H2,1H3/t14-,18-/m1/s1. The number of hydrogen-bond acceptors (Lipinski definition) is 6. The third kappa shape index (κ3) is 3.07. The molecule has 1 amide bonds. The monoisotopic (exact) mass is 349 g/mol. The lowest BCUT2D eigenvalue weighted by Gasteiger charge is -2.43. The van der Waals surface area contributed by atoms with Crippen molar-refractivity contribution in [3.63, 3.8) is 0 Å². The minimum absolute atomic E-state index is 0.00583. The van der Waals surface area contributed by atoms with Crippen molar-refractivity contribution in [3.05, 3.63) is 23.8 Å². The fourth-order valence-electron chi connectivity index (χ4n) is 3.70. The molecule has 0 aliphatic carbocycles. The van der Waals surface area contributed by atoms with E-state index in [2.05, 4.69) is 0 Å². The first-order valence-corrected chi connectivity index (χ1v) is 8.70. The number of carbonyl (C=O) groups is 1. The highest BCUT2D eigenvalue weighted by Gasteiger charge is 2.49. The summed E-state index contributed by atoms with van der Waals surface area (Å²) in [5.74, 6) is 1.27. The smallest absolute Gasteiger partial charge is 0.254 e. The van der Waals surface area contributed by atoms with Crippen LogP contribution in [0.2, 0.25) is 0 Å². The van der Waals surface area contributed by atoms with E-state index in [1.165, 1.54) is 0 Å². The number of rotatable bonds is 4. The van der Waals surface area contributed by atoms with Crippen molar-refractivity contribution in [1.82, 2.24) is 4.90 Å². The van der Waals surface area contributed by atoms with Crippen LogP contribution in [0.3, 0.4) is 0 Å². The predicted octanol–water partition coefficient (Wildman–Crippen LogP) is 1.45. The van der Waals surface area contributed by atoms with Crippen molar-refractivity contribution in [2.24, 2.45) is 0 Å². The van der Waals surface area contributed by atoms with Crippen LogP contribution in [-0.4, -0.2) is 68.8 Å². The third-order valence-electron chi connectivity index (χ3n) is 4.97. The number of benzene rings is 1. The second-order valence-corrected chi connectivity index (χ2v) is 6.60. The molecule has 7 nitrogen and oxygen atoms in total.